The molecule has 0 fully saturated rings. The molecule has 2 aromatic rings. The van der Waals surface area contributed by atoms with E-state index in [0.717, 1.165) is 13.0 Å². The zero-order chi connectivity index (χ0) is 12.8. The SMILES string of the molecule is COc1nc(Cl)nc(NCCCn2ccnn2)n1. The molecule has 1 N–H and O–H groups in total. The van der Waals surface area contributed by atoms with E-state index in [1.165, 1.54) is 7.11 Å². The molecule has 18 heavy (non-hydrogen) atoms. The van der Waals surface area contributed by atoms with E-state index in [2.05, 4.69) is 30.6 Å². The Balaban J connectivity index is 1.81. The molecule has 0 aliphatic rings. The minimum absolute atomic E-state index is 0.0978. The molecular weight excluding hydrogens is 258 g/mol. The summed E-state index contributed by atoms with van der Waals surface area (Å²) in [6.45, 7) is 1.45. The number of aromatic nitrogens is 6. The molecule has 0 spiro atoms. The first-order valence-electron chi connectivity index (χ1n) is 5.31. The van der Waals surface area contributed by atoms with E-state index in [9.17, 15) is 0 Å². The number of methoxy groups -OCH3 is 1. The molecule has 0 aromatic carbocycles. The normalized spacial score (nSPS) is 10.3. The van der Waals surface area contributed by atoms with E-state index >= 15 is 0 Å². The fourth-order valence-electron chi connectivity index (χ4n) is 1.30. The van der Waals surface area contributed by atoms with Crippen LogP contribution in [0.25, 0.3) is 0 Å². The fourth-order valence-corrected chi connectivity index (χ4v) is 1.45. The molecule has 2 aromatic heterocycles. The molecule has 9 heteroatoms. The number of anilines is 1. The highest BCUT2D eigenvalue weighted by molar-refractivity contribution is 6.28. The average molecular weight is 270 g/mol. The Hall–Kier alpha value is -1.96. The Morgan fingerprint density at radius 1 is 1.39 bits per heavy atom. The van der Waals surface area contributed by atoms with E-state index in [0.29, 0.717) is 12.5 Å². The second kappa shape index (κ2) is 6.10. The first kappa shape index (κ1) is 12.5. The van der Waals surface area contributed by atoms with Gasteiger partial charge in [-0.2, -0.15) is 15.0 Å². The van der Waals surface area contributed by atoms with Crippen molar-refractivity contribution in [1.29, 1.82) is 0 Å². The Kier molecular flexibility index (Phi) is 4.24. The molecule has 8 nitrogen and oxygen atoms in total. The number of hydrogen-bond donors (Lipinski definition) is 1. The van der Waals surface area contributed by atoms with Gasteiger partial charge in [0.1, 0.15) is 0 Å². The number of nitrogens with one attached hydrogen (secondary N) is 1. The van der Waals surface area contributed by atoms with Crippen LogP contribution in [0, 0.1) is 0 Å². The largest absolute Gasteiger partial charge is 0.467 e. The number of rotatable bonds is 6. The van der Waals surface area contributed by atoms with Gasteiger partial charge in [0.15, 0.2) is 0 Å². The molecule has 0 bridgehead atoms. The van der Waals surface area contributed by atoms with Crippen LogP contribution in [0.15, 0.2) is 12.4 Å². The standard InChI is InChI=1S/C9H12ClN7O/c1-18-9-14-7(10)13-8(15-9)11-3-2-5-17-6-4-12-16-17/h4,6H,2-3,5H2,1H3,(H,11,13,14,15). The summed E-state index contributed by atoms with van der Waals surface area (Å²) >= 11 is 5.72. The molecule has 0 saturated heterocycles. The summed E-state index contributed by atoms with van der Waals surface area (Å²) in [4.78, 5) is 11.7. The van der Waals surface area contributed by atoms with Crippen molar-refractivity contribution in [1.82, 2.24) is 29.9 Å². The molecule has 0 atom stereocenters. The van der Waals surface area contributed by atoms with Crippen LogP contribution in [0.2, 0.25) is 5.28 Å². The highest BCUT2D eigenvalue weighted by atomic mass is 35.5. The van der Waals surface area contributed by atoms with E-state index in [-0.39, 0.29) is 11.3 Å². The second-order valence-electron chi connectivity index (χ2n) is 3.36. The summed E-state index contributed by atoms with van der Waals surface area (Å²) in [5, 5.41) is 10.7. The summed E-state index contributed by atoms with van der Waals surface area (Å²) in [5.41, 5.74) is 0. The van der Waals surface area contributed by atoms with Crippen LogP contribution < -0.4 is 10.1 Å². The quantitative estimate of drug-likeness (QED) is 0.769. The number of aryl methyl sites for hydroxylation is 1. The van der Waals surface area contributed by atoms with Crippen LogP contribution in [0.1, 0.15) is 6.42 Å². The summed E-state index contributed by atoms with van der Waals surface area (Å²) in [6, 6.07) is 0.189. The lowest BCUT2D eigenvalue weighted by Gasteiger charge is -2.05. The maximum absolute atomic E-state index is 5.72. The van der Waals surface area contributed by atoms with E-state index in [1.807, 2.05) is 6.20 Å². The van der Waals surface area contributed by atoms with Crippen molar-refractivity contribution < 1.29 is 4.74 Å². The van der Waals surface area contributed by atoms with E-state index in [1.54, 1.807) is 10.9 Å². The zero-order valence-corrected chi connectivity index (χ0v) is 10.5. The third-order valence-electron chi connectivity index (χ3n) is 2.09. The molecule has 0 aliphatic carbocycles. The first-order chi connectivity index (χ1) is 8.78. The Labute approximate surface area is 108 Å². The molecule has 2 heterocycles. The molecule has 2 rings (SSSR count). The molecule has 0 unspecified atom stereocenters. The summed E-state index contributed by atoms with van der Waals surface area (Å²) in [7, 11) is 1.47. The average Bonchev–Trinajstić information content (AvgIpc) is 2.87. The van der Waals surface area contributed by atoms with Crippen LogP contribution in [0.4, 0.5) is 5.95 Å². The molecule has 96 valence electrons. The van der Waals surface area contributed by atoms with Crippen LogP contribution in [-0.4, -0.2) is 43.6 Å². The van der Waals surface area contributed by atoms with Crippen molar-refractivity contribution in [2.45, 2.75) is 13.0 Å². The van der Waals surface area contributed by atoms with Crippen LogP contribution in [-0.2, 0) is 6.54 Å². The Morgan fingerprint density at radius 3 is 3.00 bits per heavy atom. The van der Waals surface area contributed by atoms with Crippen molar-refractivity contribution >= 4 is 17.5 Å². The number of halogens is 1. The van der Waals surface area contributed by atoms with Gasteiger partial charge in [-0.1, -0.05) is 5.21 Å². The Bertz CT molecular complexity index is 490. The molecule has 0 saturated carbocycles. The predicted octanol–water partition coefficient (Wildman–Crippen LogP) is 0.627. The van der Waals surface area contributed by atoms with Crippen molar-refractivity contribution in [2.75, 3.05) is 19.0 Å². The highest BCUT2D eigenvalue weighted by Gasteiger charge is 2.04. The first-order valence-corrected chi connectivity index (χ1v) is 5.69. The van der Waals surface area contributed by atoms with Gasteiger partial charge in [0.2, 0.25) is 11.2 Å². The van der Waals surface area contributed by atoms with Gasteiger partial charge < -0.3 is 10.1 Å². The van der Waals surface area contributed by atoms with Gasteiger partial charge in [0, 0.05) is 19.3 Å². The molecule has 0 amide bonds. The lowest BCUT2D eigenvalue weighted by molar-refractivity contribution is 0.379. The van der Waals surface area contributed by atoms with Crippen molar-refractivity contribution in [2.24, 2.45) is 0 Å². The second-order valence-corrected chi connectivity index (χ2v) is 3.70. The molecule has 0 radical (unpaired) electrons. The van der Waals surface area contributed by atoms with Crippen molar-refractivity contribution in [3.8, 4) is 6.01 Å². The van der Waals surface area contributed by atoms with Crippen LogP contribution >= 0.6 is 11.6 Å². The number of hydrogen-bond acceptors (Lipinski definition) is 7. The van der Waals surface area contributed by atoms with E-state index in [4.69, 9.17) is 16.3 Å². The maximum Gasteiger partial charge on any atom is 0.322 e. The van der Waals surface area contributed by atoms with Crippen LogP contribution in [0.3, 0.4) is 0 Å². The Morgan fingerprint density at radius 2 is 2.28 bits per heavy atom. The third kappa shape index (κ3) is 3.52. The number of nitrogens with zero attached hydrogens (tertiary/aromatic N) is 6. The summed E-state index contributed by atoms with van der Waals surface area (Å²) < 4.78 is 6.64. The lowest BCUT2D eigenvalue weighted by Crippen LogP contribution is -2.10. The molecular formula is C9H12ClN7O. The zero-order valence-electron chi connectivity index (χ0n) is 9.75. The van der Waals surface area contributed by atoms with Gasteiger partial charge in [-0.25, -0.2) is 0 Å². The maximum atomic E-state index is 5.72. The lowest BCUT2D eigenvalue weighted by atomic mass is 10.4. The number of ether oxygens (including phenoxy) is 1. The van der Waals surface area contributed by atoms with Gasteiger partial charge in [-0.15, -0.1) is 5.10 Å². The van der Waals surface area contributed by atoms with Gasteiger partial charge >= 0.3 is 6.01 Å². The monoisotopic (exact) mass is 269 g/mol. The van der Waals surface area contributed by atoms with Crippen molar-refractivity contribution in [3.05, 3.63) is 17.7 Å². The molecule has 0 aliphatic heterocycles. The summed E-state index contributed by atoms with van der Waals surface area (Å²) in [5.74, 6) is 0.394. The van der Waals surface area contributed by atoms with Crippen molar-refractivity contribution in [3.63, 3.8) is 0 Å². The van der Waals surface area contributed by atoms with Gasteiger partial charge in [0.05, 0.1) is 13.3 Å². The van der Waals surface area contributed by atoms with Gasteiger partial charge in [-0.3, -0.25) is 4.68 Å². The highest BCUT2D eigenvalue weighted by Crippen LogP contribution is 2.10. The topological polar surface area (TPSA) is 90.6 Å². The predicted molar refractivity (Wildman–Crippen MR) is 64.5 cm³/mol. The fraction of sp³-hybridized carbons (Fsp3) is 0.444. The van der Waals surface area contributed by atoms with Gasteiger partial charge in [-0.05, 0) is 18.0 Å². The van der Waals surface area contributed by atoms with Crippen LogP contribution in [0.5, 0.6) is 6.01 Å². The van der Waals surface area contributed by atoms with Gasteiger partial charge in [0.25, 0.3) is 0 Å². The summed E-state index contributed by atoms with van der Waals surface area (Å²) in [6.07, 6.45) is 4.31. The minimum Gasteiger partial charge on any atom is -0.467 e. The third-order valence-corrected chi connectivity index (χ3v) is 2.26. The van der Waals surface area contributed by atoms with E-state index < -0.39 is 0 Å². The minimum atomic E-state index is 0.0978. The smallest absolute Gasteiger partial charge is 0.322 e.